The van der Waals surface area contributed by atoms with Crippen LogP contribution in [0.25, 0.3) is 0 Å². The van der Waals surface area contributed by atoms with Crippen LogP contribution in [0.2, 0.25) is 0 Å². The van der Waals surface area contributed by atoms with E-state index in [1.165, 1.54) is 18.2 Å². The molecule has 0 fully saturated rings. The van der Waals surface area contributed by atoms with Gasteiger partial charge in [0.05, 0.1) is 10.5 Å². The highest BCUT2D eigenvalue weighted by atomic mass is 16.6. The van der Waals surface area contributed by atoms with Gasteiger partial charge in [-0.25, -0.2) is 4.79 Å². The molecule has 2 rings (SSSR count). The van der Waals surface area contributed by atoms with Gasteiger partial charge in [-0.1, -0.05) is 18.2 Å². The van der Waals surface area contributed by atoms with Gasteiger partial charge in [0.15, 0.2) is 0 Å². The van der Waals surface area contributed by atoms with Crippen molar-refractivity contribution in [2.75, 3.05) is 5.32 Å². The molecule has 2 aromatic rings. The fourth-order valence-electron chi connectivity index (χ4n) is 2.04. The summed E-state index contributed by atoms with van der Waals surface area (Å²) < 4.78 is 0. The molecular formula is C15H14N2O4. The van der Waals surface area contributed by atoms with Gasteiger partial charge in [0, 0.05) is 24.4 Å². The maximum atomic E-state index is 11.1. The SMILES string of the molecule is Cc1c(NCc2cccc([N+](=O)[O-])c2)cccc1C(=O)O. The molecule has 0 radical (unpaired) electrons. The summed E-state index contributed by atoms with van der Waals surface area (Å²) in [6.45, 7) is 2.10. The van der Waals surface area contributed by atoms with Crippen LogP contribution in [0.5, 0.6) is 0 Å². The summed E-state index contributed by atoms with van der Waals surface area (Å²) >= 11 is 0. The molecule has 21 heavy (non-hydrogen) atoms. The van der Waals surface area contributed by atoms with Crippen molar-refractivity contribution in [3.63, 3.8) is 0 Å². The number of anilines is 1. The number of aromatic carboxylic acids is 1. The lowest BCUT2D eigenvalue weighted by molar-refractivity contribution is -0.384. The van der Waals surface area contributed by atoms with Crippen LogP contribution < -0.4 is 5.32 Å². The molecule has 6 nitrogen and oxygen atoms in total. The lowest BCUT2D eigenvalue weighted by Crippen LogP contribution is -2.06. The highest BCUT2D eigenvalue weighted by Gasteiger charge is 2.10. The highest BCUT2D eigenvalue weighted by molar-refractivity contribution is 5.91. The molecule has 0 aromatic heterocycles. The van der Waals surface area contributed by atoms with Crippen LogP contribution >= 0.6 is 0 Å². The molecule has 0 aliphatic carbocycles. The Morgan fingerprint density at radius 1 is 1.29 bits per heavy atom. The first-order valence-electron chi connectivity index (χ1n) is 6.29. The van der Waals surface area contributed by atoms with E-state index in [2.05, 4.69) is 5.32 Å². The molecule has 0 heterocycles. The van der Waals surface area contributed by atoms with Crippen molar-refractivity contribution in [2.24, 2.45) is 0 Å². The zero-order valence-electron chi connectivity index (χ0n) is 11.4. The number of carboxylic acids is 1. The van der Waals surface area contributed by atoms with E-state index in [1.807, 2.05) is 0 Å². The number of nitro benzene ring substituents is 1. The van der Waals surface area contributed by atoms with Crippen molar-refractivity contribution in [2.45, 2.75) is 13.5 Å². The average molecular weight is 286 g/mol. The minimum absolute atomic E-state index is 0.0327. The van der Waals surface area contributed by atoms with Crippen molar-refractivity contribution < 1.29 is 14.8 Å². The molecule has 0 spiro atoms. The summed E-state index contributed by atoms with van der Waals surface area (Å²) in [4.78, 5) is 21.3. The average Bonchev–Trinajstić information content (AvgIpc) is 2.46. The van der Waals surface area contributed by atoms with Gasteiger partial charge >= 0.3 is 5.97 Å². The van der Waals surface area contributed by atoms with Crippen molar-refractivity contribution >= 4 is 17.3 Å². The molecule has 108 valence electrons. The fraction of sp³-hybridized carbons (Fsp3) is 0.133. The largest absolute Gasteiger partial charge is 0.478 e. The Morgan fingerprint density at radius 3 is 2.67 bits per heavy atom. The van der Waals surface area contributed by atoms with E-state index >= 15 is 0 Å². The van der Waals surface area contributed by atoms with E-state index in [1.54, 1.807) is 31.2 Å². The highest BCUT2D eigenvalue weighted by Crippen LogP contribution is 2.20. The Bertz CT molecular complexity index is 698. The first kappa shape index (κ1) is 14.5. The van der Waals surface area contributed by atoms with Crippen LogP contribution in [-0.2, 0) is 6.54 Å². The minimum Gasteiger partial charge on any atom is -0.478 e. The van der Waals surface area contributed by atoms with Crippen molar-refractivity contribution in [1.82, 2.24) is 0 Å². The van der Waals surface area contributed by atoms with Crippen LogP contribution in [-0.4, -0.2) is 16.0 Å². The number of carboxylic acid groups (broad SMARTS) is 1. The van der Waals surface area contributed by atoms with Gasteiger partial charge in [-0.2, -0.15) is 0 Å². The second kappa shape index (κ2) is 6.04. The van der Waals surface area contributed by atoms with Crippen molar-refractivity contribution in [1.29, 1.82) is 0 Å². The van der Waals surface area contributed by atoms with Crippen LogP contribution in [0.15, 0.2) is 42.5 Å². The van der Waals surface area contributed by atoms with E-state index in [-0.39, 0.29) is 11.3 Å². The molecule has 0 bridgehead atoms. The summed E-state index contributed by atoms with van der Waals surface area (Å²) in [6.07, 6.45) is 0. The van der Waals surface area contributed by atoms with Gasteiger partial charge < -0.3 is 10.4 Å². The first-order valence-corrected chi connectivity index (χ1v) is 6.29. The molecule has 2 N–H and O–H groups in total. The molecule has 0 amide bonds. The van der Waals surface area contributed by atoms with Gasteiger partial charge in [0.2, 0.25) is 0 Å². The van der Waals surface area contributed by atoms with Crippen LogP contribution in [0.4, 0.5) is 11.4 Å². The molecular weight excluding hydrogens is 272 g/mol. The van der Waals surface area contributed by atoms with E-state index in [9.17, 15) is 14.9 Å². The summed E-state index contributed by atoms with van der Waals surface area (Å²) in [5.41, 5.74) is 2.35. The molecule has 0 aliphatic heterocycles. The Labute approximate surface area is 121 Å². The third-order valence-electron chi connectivity index (χ3n) is 3.17. The maximum absolute atomic E-state index is 11.1. The molecule has 0 unspecified atom stereocenters. The quantitative estimate of drug-likeness (QED) is 0.650. The monoisotopic (exact) mass is 286 g/mol. The second-order valence-electron chi connectivity index (χ2n) is 4.56. The first-order chi connectivity index (χ1) is 9.99. The lowest BCUT2D eigenvalue weighted by Gasteiger charge is -2.11. The smallest absolute Gasteiger partial charge is 0.336 e. The molecule has 6 heteroatoms. The predicted molar refractivity (Wildman–Crippen MR) is 78.6 cm³/mol. The number of hydrogen-bond donors (Lipinski definition) is 2. The fourth-order valence-corrected chi connectivity index (χ4v) is 2.04. The Morgan fingerprint density at radius 2 is 2.00 bits per heavy atom. The third kappa shape index (κ3) is 3.36. The summed E-state index contributed by atoms with van der Waals surface area (Å²) in [6, 6.07) is 11.3. The molecule has 2 aromatic carbocycles. The lowest BCUT2D eigenvalue weighted by atomic mass is 10.1. The van der Waals surface area contributed by atoms with Crippen molar-refractivity contribution in [3.05, 3.63) is 69.3 Å². The number of nitrogens with zero attached hydrogens (tertiary/aromatic N) is 1. The van der Waals surface area contributed by atoms with Gasteiger partial charge in [-0.3, -0.25) is 10.1 Å². The van der Waals surface area contributed by atoms with Gasteiger partial charge in [-0.05, 0) is 30.2 Å². The van der Waals surface area contributed by atoms with Crippen LogP contribution in [0.3, 0.4) is 0 Å². The molecule has 0 atom stereocenters. The summed E-state index contributed by atoms with van der Waals surface area (Å²) in [5.74, 6) is -0.980. The van der Waals surface area contributed by atoms with Gasteiger partial charge in [0.1, 0.15) is 0 Å². The molecule has 0 aliphatic rings. The zero-order valence-corrected chi connectivity index (χ0v) is 11.4. The topological polar surface area (TPSA) is 92.5 Å². The number of rotatable bonds is 5. The summed E-state index contributed by atoms with van der Waals surface area (Å²) in [7, 11) is 0. The number of nitrogens with one attached hydrogen (secondary N) is 1. The second-order valence-corrected chi connectivity index (χ2v) is 4.56. The normalized spacial score (nSPS) is 10.1. The van der Waals surface area contributed by atoms with Gasteiger partial charge in [-0.15, -0.1) is 0 Å². The van der Waals surface area contributed by atoms with Gasteiger partial charge in [0.25, 0.3) is 5.69 Å². The van der Waals surface area contributed by atoms with E-state index in [4.69, 9.17) is 5.11 Å². The predicted octanol–water partition coefficient (Wildman–Crippen LogP) is 3.21. The number of benzene rings is 2. The van der Waals surface area contributed by atoms with Crippen LogP contribution in [0.1, 0.15) is 21.5 Å². The van der Waals surface area contributed by atoms with Crippen LogP contribution in [0, 0.1) is 17.0 Å². The molecule has 0 saturated heterocycles. The van der Waals surface area contributed by atoms with E-state index < -0.39 is 10.9 Å². The number of nitro groups is 1. The number of non-ortho nitro benzene ring substituents is 1. The number of carbonyl (C=O) groups is 1. The van der Waals surface area contributed by atoms with Crippen molar-refractivity contribution in [3.8, 4) is 0 Å². The molecule has 0 saturated carbocycles. The standard InChI is InChI=1S/C15H14N2O4/c1-10-13(15(18)19)6-3-7-14(10)16-9-11-4-2-5-12(8-11)17(20)21/h2-8,16H,9H2,1H3,(H,18,19). The Kier molecular flexibility index (Phi) is 4.18. The van der Waals surface area contributed by atoms with E-state index in [0.717, 1.165) is 5.56 Å². The third-order valence-corrected chi connectivity index (χ3v) is 3.17. The Balaban J connectivity index is 2.17. The Hall–Kier alpha value is -2.89. The number of hydrogen-bond acceptors (Lipinski definition) is 4. The minimum atomic E-state index is -0.980. The summed E-state index contributed by atoms with van der Waals surface area (Å²) in [5, 5.41) is 22.9. The zero-order chi connectivity index (χ0) is 15.4. The maximum Gasteiger partial charge on any atom is 0.336 e. The van der Waals surface area contributed by atoms with E-state index in [0.29, 0.717) is 17.8 Å².